The van der Waals surface area contributed by atoms with Crippen molar-refractivity contribution in [1.29, 1.82) is 0 Å². The summed E-state index contributed by atoms with van der Waals surface area (Å²) in [6, 6.07) is 34.1. The Bertz CT molecular complexity index is 1510. The molecule has 0 unspecified atom stereocenters. The van der Waals surface area contributed by atoms with E-state index < -0.39 is 5.69 Å². The highest BCUT2D eigenvalue weighted by Gasteiger charge is 2.14. The SMILES string of the molecule is O=C(Cn1c(=O)nc(-c2ccccc2)c2ccccc21)Nc1ccc(OCc2ccccc2)cc1. The van der Waals surface area contributed by atoms with E-state index in [0.717, 1.165) is 16.5 Å². The summed E-state index contributed by atoms with van der Waals surface area (Å²) in [5, 5.41) is 3.66. The van der Waals surface area contributed by atoms with Crippen molar-refractivity contribution in [3.05, 3.63) is 125 Å². The van der Waals surface area contributed by atoms with E-state index in [1.165, 1.54) is 4.57 Å². The van der Waals surface area contributed by atoms with E-state index >= 15 is 0 Å². The highest BCUT2D eigenvalue weighted by atomic mass is 16.5. The van der Waals surface area contributed by atoms with Crippen molar-refractivity contribution < 1.29 is 9.53 Å². The summed E-state index contributed by atoms with van der Waals surface area (Å²) < 4.78 is 7.19. The number of fused-ring (bicyclic) bond motifs is 1. The molecular formula is C29H23N3O3. The second-order valence-electron chi connectivity index (χ2n) is 8.06. The lowest BCUT2D eigenvalue weighted by atomic mass is 10.1. The predicted molar refractivity (Wildman–Crippen MR) is 137 cm³/mol. The Morgan fingerprint density at radius 2 is 1.46 bits per heavy atom. The first-order valence-corrected chi connectivity index (χ1v) is 11.3. The number of nitrogens with zero attached hydrogens (tertiary/aromatic N) is 2. The number of carbonyl (C=O) groups is 1. The van der Waals surface area contributed by atoms with Crippen LogP contribution in [0.5, 0.6) is 5.75 Å². The standard InChI is InChI=1S/C29H23N3O3/c33-27(30-23-15-17-24(18-16-23)35-20-21-9-3-1-4-10-21)19-32-26-14-8-7-13-25(26)28(31-29(32)34)22-11-5-2-6-12-22/h1-18H,19-20H2,(H,30,33). The molecule has 4 aromatic carbocycles. The topological polar surface area (TPSA) is 73.2 Å². The molecule has 6 heteroatoms. The Balaban J connectivity index is 1.31. The third-order valence-electron chi connectivity index (χ3n) is 5.62. The van der Waals surface area contributed by atoms with Crippen LogP contribution >= 0.6 is 0 Å². The molecule has 0 spiro atoms. The van der Waals surface area contributed by atoms with Gasteiger partial charge in [0.1, 0.15) is 18.9 Å². The predicted octanol–water partition coefficient (Wildman–Crippen LogP) is 5.28. The van der Waals surface area contributed by atoms with Gasteiger partial charge in [0, 0.05) is 16.6 Å². The molecule has 0 saturated heterocycles. The normalized spacial score (nSPS) is 10.7. The molecule has 0 saturated carbocycles. The smallest absolute Gasteiger partial charge is 0.349 e. The van der Waals surface area contributed by atoms with Gasteiger partial charge in [-0.1, -0.05) is 78.9 Å². The molecule has 0 radical (unpaired) electrons. The Morgan fingerprint density at radius 1 is 0.800 bits per heavy atom. The molecule has 0 bridgehead atoms. The number of anilines is 1. The van der Waals surface area contributed by atoms with Gasteiger partial charge in [-0.25, -0.2) is 4.79 Å². The third-order valence-corrected chi connectivity index (χ3v) is 5.62. The summed E-state index contributed by atoms with van der Waals surface area (Å²) in [5.74, 6) is 0.388. The van der Waals surface area contributed by atoms with Gasteiger partial charge in [0.15, 0.2) is 0 Å². The lowest BCUT2D eigenvalue weighted by molar-refractivity contribution is -0.116. The maximum Gasteiger partial charge on any atom is 0.349 e. The van der Waals surface area contributed by atoms with Gasteiger partial charge in [-0.05, 0) is 35.9 Å². The lowest BCUT2D eigenvalue weighted by Crippen LogP contribution is -2.30. The average Bonchev–Trinajstić information content (AvgIpc) is 2.91. The number of amides is 1. The van der Waals surface area contributed by atoms with Crippen molar-refractivity contribution >= 4 is 22.5 Å². The van der Waals surface area contributed by atoms with Crippen LogP contribution in [0.15, 0.2) is 114 Å². The number of ether oxygens (including phenoxy) is 1. The van der Waals surface area contributed by atoms with E-state index in [0.29, 0.717) is 29.3 Å². The number of carbonyl (C=O) groups excluding carboxylic acids is 1. The lowest BCUT2D eigenvalue weighted by Gasteiger charge is -2.13. The van der Waals surface area contributed by atoms with Crippen molar-refractivity contribution in [3.8, 4) is 17.0 Å². The van der Waals surface area contributed by atoms with E-state index in [-0.39, 0.29) is 12.5 Å². The number of hydrogen-bond acceptors (Lipinski definition) is 4. The van der Waals surface area contributed by atoms with Crippen molar-refractivity contribution in [1.82, 2.24) is 9.55 Å². The van der Waals surface area contributed by atoms with Crippen LogP contribution in [0.2, 0.25) is 0 Å². The number of benzene rings is 4. The average molecular weight is 462 g/mol. The molecule has 5 rings (SSSR count). The number of aromatic nitrogens is 2. The molecule has 35 heavy (non-hydrogen) atoms. The molecule has 1 heterocycles. The monoisotopic (exact) mass is 461 g/mol. The first-order valence-electron chi connectivity index (χ1n) is 11.3. The number of rotatable bonds is 7. The van der Waals surface area contributed by atoms with E-state index in [9.17, 15) is 9.59 Å². The van der Waals surface area contributed by atoms with Crippen molar-refractivity contribution in [2.24, 2.45) is 0 Å². The van der Waals surface area contributed by atoms with Crippen molar-refractivity contribution in [3.63, 3.8) is 0 Å². The van der Waals surface area contributed by atoms with Crippen LogP contribution in [0.25, 0.3) is 22.2 Å². The van der Waals surface area contributed by atoms with Gasteiger partial charge in [-0.15, -0.1) is 0 Å². The second-order valence-corrected chi connectivity index (χ2v) is 8.06. The first-order chi connectivity index (χ1) is 17.2. The summed E-state index contributed by atoms with van der Waals surface area (Å²) in [4.78, 5) is 30.0. The Morgan fingerprint density at radius 3 is 2.20 bits per heavy atom. The van der Waals surface area contributed by atoms with Crippen molar-refractivity contribution in [2.45, 2.75) is 13.2 Å². The van der Waals surface area contributed by atoms with Crippen LogP contribution in [0.1, 0.15) is 5.56 Å². The largest absolute Gasteiger partial charge is 0.489 e. The zero-order valence-corrected chi connectivity index (χ0v) is 18.9. The van der Waals surface area contributed by atoms with Gasteiger partial charge < -0.3 is 10.1 Å². The fourth-order valence-corrected chi connectivity index (χ4v) is 3.92. The minimum Gasteiger partial charge on any atom is -0.489 e. The maximum absolute atomic E-state index is 12.9. The highest BCUT2D eigenvalue weighted by Crippen LogP contribution is 2.25. The van der Waals surface area contributed by atoms with Crippen LogP contribution in [0.3, 0.4) is 0 Å². The maximum atomic E-state index is 12.9. The summed E-state index contributed by atoms with van der Waals surface area (Å²) in [6.07, 6.45) is 0. The van der Waals surface area contributed by atoms with E-state index in [1.54, 1.807) is 24.3 Å². The fourth-order valence-electron chi connectivity index (χ4n) is 3.92. The second kappa shape index (κ2) is 10.1. The highest BCUT2D eigenvalue weighted by molar-refractivity contribution is 5.95. The minimum atomic E-state index is -0.470. The zero-order valence-electron chi connectivity index (χ0n) is 18.9. The Hall–Kier alpha value is -4.71. The van der Waals surface area contributed by atoms with Crippen LogP contribution in [0, 0.1) is 0 Å². The van der Waals surface area contributed by atoms with E-state index in [1.807, 2.05) is 84.9 Å². The molecular weight excluding hydrogens is 438 g/mol. The van der Waals surface area contributed by atoms with Gasteiger partial charge in [0.25, 0.3) is 0 Å². The summed E-state index contributed by atoms with van der Waals surface area (Å²) in [6.45, 7) is 0.322. The first kappa shape index (κ1) is 22.1. The molecule has 0 aliphatic rings. The van der Waals surface area contributed by atoms with Gasteiger partial charge in [0.05, 0.1) is 11.2 Å². The molecule has 0 aliphatic heterocycles. The molecule has 5 aromatic rings. The van der Waals surface area contributed by atoms with Gasteiger partial charge in [-0.3, -0.25) is 9.36 Å². The number of hydrogen-bond donors (Lipinski definition) is 1. The van der Waals surface area contributed by atoms with Gasteiger partial charge >= 0.3 is 5.69 Å². The van der Waals surface area contributed by atoms with Crippen LogP contribution in [-0.2, 0) is 17.9 Å². The number of para-hydroxylation sites is 1. The van der Waals surface area contributed by atoms with Crippen LogP contribution < -0.4 is 15.7 Å². The summed E-state index contributed by atoms with van der Waals surface area (Å²) >= 11 is 0. The van der Waals surface area contributed by atoms with Gasteiger partial charge in [0.2, 0.25) is 5.91 Å². The van der Waals surface area contributed by atoms with E-state index in [4.69, 9.17) is 4.74 Å². The Kier molecular flexibility index (Phi) is 6.35. The summed E-state index contributed by atoms with van der Waals surface area (Å²) in [7, 11) is 0. The molecule has 1 amide bonds. The Labute approximate surface area is 202 Å². The molecule has 172 valence electrons. The van der Waals surface area contributed by atoms with E-state index in [2.05, 4.69) is 10.3 Å². The molecule has 0 aliphatic carbocycles. The molecule has 6 nitrogen and oxygen atoms in total. The molecule has 1 aromatic heterocycles. The van der Waals surface area contributed by atoms with Crippen LogP contribution in [-0.4, -0.2) is 15.5 Å². The molecule has 0 fully saturated rings. The minimum absolute atomic E-state index is 0.145. The van der Waals surface area contributed by atoms with Crippen molar-refractivity contribution in [2.75, 3.05) is 5.32 Å². The molecule has 0 atom stereocenters. The summed E-state index contributed by atoms with van der Waals surface area (Å²) in [5.41, 5.74) is 3.34. The molecule has 1 N–H and O–H groups in total. The zero-order chi connectivity index (χ0) is 24.0. The quantitative estimate of drug-likeness (QED) is 0.358. The number of nitrogens with one attached hydrogen (secondary N) is 1. The van der Waals surface area contributed by atoms with Crippen LogP contribution in [0.4, 0.5) is 5.69 Å². The fraction of sp³-hybridized carbons (Fsp3) is 0.0690. The third kappa shape index (κ3) is 5.12. The van der Waals surface area contributed by atoms with Gasteiger partial charge in [-0.2, -0.15) is 4.98 Å².